The van der Waals surface area contributed by atoms with Crippen molar-refractivity contribution in [2.45, 2.75) is 82.6 Å². The maximum absolute atomic E-state index is 13.8. The van der Waals surface area contributed by atoms with Crippen molar-refractivity contribution in [3.63, 3.8) is 0 Å². The van der Waals surface area contributed by atoms with Crippen LogP contribution in [0.25, 0.3) is 0 Å². The molecule has 0 radical (unpaired) electrons. The Morgan fingerprint density at radius 2 is 1.52 bits per heavy atom. The van der Waals surface area contributed by atoms with Gasteiger partial charge in [0.05, 0.1) is 22.8 Å². The largest absolute Gasteiger partial charge is 0.465 e. The molecule has 0 fully saturated rings. The molecule has 0 saturated carbocycles. The minimum absolute atomic E-state index is 0.0385. The zero-order valence-electron chi connectivity index (χ0n) is 27.2. The van der Waals surface area contributed by atoms with Gasteiger partial charge in [-0.15, -0.1) is 0 Å². The average molecular weight is 683 g/mol. The fourth-order valence-electron chi connectivity index (χ4n) is 5.03. The lowest BCUT2D eigenvalue weighted by Gasteiger charge is -2.39. The van der Waals surface area contributed by atoms with E-state index < -0.39 is 67.9 Å². The summed E-state index contributed by atoms with van der Waals surface area (Å²) in [6.45, 7) is 7.88. The Balaban J connectivity index is 2.51. The molecule has 2 rings (SSSR count). The number of carbonyl (C=O) groups excluding carboxylic acids is 1. The molecule has 0 saturated heterocycles. The van der Waals surface area contributed by atoms with E-state index in [4.69, 9.17) is 0 Å². The second-order valence-corrected chi connectivity index (χ2v) is 17.0. The van der Waals surface area contributed by atoms with E-state index in [1.54, 1.807) is 51.1 Å². The Morgan fingerprint density at radius 1 is 0.935 bits per heavy atom. The summed E-state index contributed by atoms with van der Waals surface area (Å²) >= 11 is 0. The summed E-state index contributed by atoms with van der Waals surface area (Å²) in [5.41, 5.74) is 0.160. The Morgan fingerprint density at radius 3 is 2.00 bits per heavy atom. The van der Waals surface area contributed by atoms with Crippen molar-refractivity contribution < 1.29 is 36.6 Å². The highest BCUT2D eigenvalue weighted by Crippen LogP contribution is 2.23. The van der Waals surface area contributed by atoms with Gasteiger partial charge in [-0.2, -0.15) is 9.21 Å². The fraction of sp³-hybridized carbons (Fsp3) is 0.548. The first-order valence-corrected chi connectivity index (χ1v) is 18.4. The second-order valence-electron chi connectivity index (χ2n) is 12.8. The van der Waals surface area contributed by atoms with Crippen molar-refractivity contribution in [2.75, 3.05) is 25.1 Å². The molecule has 3 N–H and O–H groups in total. The van der Waals surface area contributed by atoms with Gasteiger partial charge in [0.1, 0.15) is 22.4 Å². The van der Waals surface area contributed by atoms with Crippen LogP contribution < -0.4 is 5.32 Å². The van der Waals surface area contributed by atoms with Gasteiger partial charge in [-0.1, -0.05) is 61.5 Å². The summed E-state index contributed by atoms with van der Waals surface area (Å²) in [6.07, 6.45) is -2.16. The number of benzene rings is 2. The third-order valence-corrected chi connectivity index (χ3v) is 9.99. The first-order chi connectivity index (χ1) is 21.3. The van der Waals surface area contributed by atoms with Gasteiger partial charge in [0.15, 0.2) is 0 Å². The summed E-state index contributed by atoms with van der Waals surface area (Å²) in [6, 6.07) is 12.0. The molecule has 13 nitrogen and oxygen atoms in total. The van der Waals surface area contributed by atoms with E-state index in [2.05, 4.69) is 10.5 Å². The van der Waals surface area contributed by atoms with Crippen LogP contribution in [-0.4, -0.2) is 97.1 Å². The van der Waals surface area contributed by atoms with Gasteiger partial charge in [-0.05, 0) is 62.8 Å². The molecule has 46 heavy (non-hydrogen) atoms. The fourth-order valence-corrected chi connectivity index (χ4v) is 7.30. The second kappa shape index (κ2) is 16.4. The van der Waals surface area contributed by atoms with Crippen molar-refractivity contribution in [1.82, 2.24) is 14.5 Å². The van der Waals surface area contributed by atoms with E-state index in [9.17, 15) is 41.5 Å². The molecule has 0 aliphatic carbocycles. The lowest BCUT2D eigenvalue weighted by atomic mass is 9.98. The van der Waals surface area contributed by atoms with Crippen LogP contribution in [0.15, 0.2) is 64.7 Å². The monoisotopic (exact) mass is 682 g/mol. The van der Waals surface area contributed by atoms with Crippen molar-refractivity contribution in [3.8, 4) is 0 Å². The Hall–Kier alpha value is -3.40. The molecule has 0 aliphatic heterocycles. The van der Waals surface area contributed by atoms with Crippen molar-refractivity contribution in [3.05, 3.63) is 70.6 Å². The van der Waals surface area contributed by atoms with E-state index in [0.29, 0.717) is 11.1 Å². The first kappa shape index (κ1) is 38.8. The lowest BCUT2D eigenvalue weighted by molar-refractivity contribution is -0.129. The minimum atomic E-state index is -4.14. The molecule has 0 heterocycles. The molecule has 0 aliphatic rings. The summed E-state index contributed by atoms with van der Waals surface area (Å²) in [7, 11) is -7.71. The number of carboxylic acid groups (broad SMARTS) is 1. The highest BCUT2D eigenvalue weighted by atomic mass is 32.2. The molecule has 0 spiro atoms. The van der Waals surface area contributed by atoms with E-state index in [1.807, 2.05) is 13.8 Å². The molecule has 2 amide bonds. The standard InChI is InChI=1S/C31H46N4O9S2/c1-22(2)20-34(46(43,44)25-14-12-24(13-15-25)19-32-40)21-28(36)26(18-23-10-8-7-9-11-23)33-29(37)27(16-17-45(6,41)42)35(30(38)39)31(3,4)5/h7-15,22,26-28,36H,16-21H2,1-6H3,(H,33,37)(H,38,39)/t26-,27-,28+/m0/s1. The third-order valence-electron chi connectivity index (χ3n) is 7.16. The van der Waals surface area contributed by atoms with Crippen LogP contribution in [-0.2, 0) is 37.6 Å². The van der Waals surface area contributed by atoms with Crippen LogP contribution in [0, 0.1) is 10.8 Å². The summed E-state index contributed by atoms with van der Waals surface area (Å²) in [5, 5.41) is 27.2. The molecule has 256 valence electrons. The van der Waals surface area contributed by atoms with E-state index in [0.717, 1.165) is 15.5 Å². The molecule has 0 bridgehead atoms. The van der Waals surface area contributed by atoms with Crippen LogP contribution in [0.1, 0.15) is 52.2 Å². The van der Waals surface area contributed by atoms with Gasteiger partial charge in [-0.3, -0.25) is 9.69 Å². The maximum Gasteiger partial charge on any atom is 0.408 e. The van der Waals surface area contributed by atoms with Crippen molar-refractivity contribution in [2.24, 2.45) is 11.1 Å². The van der Waals surface area contributed by atoms with Crippen LogP contribution in [0.2, 0.25) is 0 Å². The maximum atomic E-state index is 13.8. The average Bonchev–Trinajstić information content (AvgIpc) is 2.93. The number of nitroso groups, excluding NO2 is 1. The topological polar surface area (TPSA) is 191 Å². The van der Waals surface area contributed by atoms with Gasteiger partial charge in [0.2, 0.25) is 15.9 Å². The van der Waals surface area contributed by atoms with Crippen LogP contribution >= 0.6 is 0 Å². The number of aliphatic hydroxyl groups is 1. The van der Waals surface area contributed by atoms with Crippen LogP contribution in [0.3, 0.4) is 0 Å². The quantitative estimate of drug-likeness (QED) is 0.210. The van der Waals surface area contributed by atoms with Gasteiger partial charge >= 0.3 is 6.09 Å². The predicted molar refractivity (Wildman–Crippen MR) is 175 cm³/mol. The number of hydrogen-bond acceptors (Lipinski definition) is 9. The molecule has 0 aromatic heterocycles. The zero-order chi connectivity index (χ0) is 34.9. The van der Waals surface area contributed by atoms with Crippen molar-refractivity contribution >= 4 is 31.9 Å². The Kier molecular flexibility index (Phi) is 13.9. The van der Waals surface area contributed by atoms with Gasteiger partial charge < -0.3 is 15.5 Å². The SMILES string of the molecule is CC(C)CN(C[C@@H](O)[C@H](Cc1ccccc1)NC(=O)[C@H](CCS(C)(=O)=O)N(C(=O)O)C(C)(C)C)S(=O)(=O)c1ccc(CN=O)cc1. The number of sulfonamides is 1. The lowest BCUT2D eigenvalue weighted by Crippen LogP contribution is -2.60. The van der Waals surface area contributed by atoms with E-state index >= 15 is 0 Å². The number of aliphatic hydroxyl groups excluding tert-OH is 1. The molecule has 2 aromatic rings. The molecular weight excluding hydrogens is 636 g/mol. The number of sulfone groups is 1. The highest BCUT2D eigenvalue weighted by Gasteiger charge is 2.39. The molecule has 2 aromatic carbocycles. The van der Waals surface area contributed by atoms with Gasteiger partial charge in [-0.25, -0.2) is 21.6 Å². The Bertz CT molecular complexity index is 1530. The normalized spacial score (nSPS) is 14.5. The number of amides is 2. The highest BCUT2D eigenvalue weighted by molar-refractivity contribution is 7.90. The predicted octanol–water partition coefficient (Wildman–Crippen LogP) is 3.27. The zero-order valence-corrected chi connectivity index (χ0v) is 28.8. The molecule has 3 atom stereocenters. The van der Waals surface area contributed by atoms with Crippen LogP contribution in [0.4, 0.5) is 4.79 Å². The van der Waals surface area contributed by atoms with Crippen LogP contribution in [0.5, 0.6) is 0 Å². The smallest absolute Gasteiger partial charge is 0.408 e. The molecule has 0 unspecified atom stereocenters. The number of carbonyl (C=O) groups is 2. The summed E-state index contributed by atoms with van der Waals surface area (Å²) in [4.78, 5) is 37.6. The van der Waals surface area contributed by atoms with Gasteiger partial charge in [0, 0.05) is 24.9 Å². The number of hydrogen-bond donors (Lipinski definition) is 3. The third kappa shape index (κ3) is 11.8. The van der Waals surface area contributed by atoms with Gasteiger partial charge in [0.25, 0.3) is 0 Å². The molecule has 15 heteroatoms. The van der Waals surface area contributed by atoms with E-state index in [1.165, 1.54) is 24.3 Å². The first-order valence-electron chi connectivity index (χ1n) is 14.9. The van der Waals surface area contributed by atoms with Crippen molar-refractivity contribution in [1.29, 1.82) is 0 Å². The number of nitrogens with zero attached hydrogens (tertiary/aromatic N) is 3. The van der Waals surface area contributed by atoms with E-state index in [-0.39, 0.29) is 36.7 Å². The minimum Gasteiger partial charge on any atom is -0.465 e. The summed E-state index contributed by atoms with van der Waals surface area (Å²) < 4.78 is 52.7. The summed E-state index contributed by atoms with van der Waals surface area (Å²) in [5.74, 6) is -1.42. The number of nitrogens with one attached hydrogen (secondary N) is 1. The Labute approximate surface area is 271 Å². The molecular formula is C31H46N4O9S2. The number of rotatable bonds is 17.